The predicted molar refractivity (Wildman–Crippen MR) is 129 cm³/mol. The van der Waals surface area contributed by atoms with Gasteiger partial charge in [-0.2, -0.15) is 26.3 Å². The molecule has 218 valence electrons. The van der Waals surface area contributed by atoms with Gasteiger partial charge in [0, 0.05) is 50.7 Å². The quantitative estimate of drug-likeness (QED) is 0.515. The molecule has 0 aromatic heterocycles. The Hall–Kier alpha value is -2.54. The van der Waals surface area contributed by atoms with Crippen LogP contribution in [0, 0.1) is 5.41 Å². The zero-order chi connectivity index (χ0) is 28.8. The second kappa shape index (κ2) is 10.8. The smallest absolute Gasteiger partial charge is 0.394 e. The first kappa shape index (κ1) is 29.4. The van der Waals surface area contributed by atoms with E-state index >= 15 is 0 Å². The fraction of sp³-hybridized carbons (Fsp3) is 0.692. The van der Waals surface area contributed by atoms with Crippen molar-refractivity contribution in [2.45, 2.75) is 76.0 Å². The number of aliphatic hydroxyl groups excluding tert-OH is 2. The fourth-order valence-corrected chi connectivity index (χ4v) is 5.78. The minimum Gasteiger partial charge on any atom is -0.394 e. The Balaban J connectivity index is 1.44. The summed E-state index contributed by atoms with van der Waals surface area (Å²) in [6, 6.07) is 0.536. The average molecular weight is 566 g/mol. The van der Waals surface area contributed by atoms with Crippen molar-refractivity contribution in [3.05, 3.63) is 29.3 Å². The minimum atomic E-state index is -5.23. The van der Waals surface area contributed by atoms with Gasteiger partial charge in [0.1, 0.15) is 0 Å². The van der Waals surface area contributed by atoms with Crippen molar-refractivity contribution >= 4 is 17.5 Å². The zero-order valence-electron chi connectivity index (χ0n) is 21.6. The number of rotatable bonds is 6. The molecule has 2 saturated heterocycles. The van der Waals surface area contributed by atoms with Crippen molar-refractivity contribution in [2.24, 2.45) is 5.41 Å². The van der Waals surface area contributed by atoms with Crippen LogP contribution in [0.2, 0.25) is 0 Å². The predicted octanol–water partition coefficient (Wildman–Crippen LogP) is 3.67. The van der Waals surface area contributed by atoms with E-state index in [1.54, 1.807) is 11.8 Å². The summed E-state index contributed by atoms with van der Waals surface area (Å²) >= 11 is 0. The molecule has 1 saturated carbocycles. The summed E-state index contributed by atoms with van der Waals surface area (Å²) in [6.45, 7) is 1.98. The second-order valence-corrected chi connectivity index (χ2v) is 10.9. The number of aliphatic hydroxyl groups is 2. The maximum atomic E-state index is 13.5. The van der Waals surface area contributed by atoms with Crippen LogP contribution in [0.25, 0.3) is 0 Å². The lowest BCUT2D eigenvalue weighted by molar-refractivity contribution is -0.162. The molecular weight excluding hydrogens is 532 g/mol. The average Bonchev–Trinajstić information content (AvgIpc) is 3.65. The van der Waals surface area contributed by atoms with E-state index in [0.29, 0.717) is 18.7 Å². The summed E-state index contributed by atoms with van der Waals surface area (Å²) in [7, 11) is 0. The highest BCUT2D eigenvalue weighted by atomic mass is 19.4. The van der Waals surface area contributed by atoms with E-state index in [0.717, 1.165) is 25.3 Å². The summed E-state index contributed by atoms with van der Waals surface area (Å²) in [4.78, 5) is 30.2. The summed E-state index contributed by atoms with van der Waals surface area (Å²) in [5.74, 6) is -0.563. The summed E-state index contributed by atoms with van der Waals surface area (Å²) in [5.41, 5.74) is -3.73. The monoisotopic (exact) mass is 565 g/mol. The van der Waals surface area contributed by atoms with Gasteiger partial charge in [-0.1, -0.05) is 0 Å². The Morgan fingerprint density at radius 3 is 2.28 bits per heavy atom. The highest BCUT2D eigenvalue weighted by Crippen LogP contribution is 2.53. The Bertz CT molecular complexity index is 1070. The molecule has 2 amide bonds. The van der Waals surface area contributed by atoms with Gasteiger partial charge < -0.3 is 24.9 Å². The van der Waals surface area contributed by atoms with Crippen LogP contribution in [-0.4, -0.2) is 82.8 Å². The normalized spacial score (nSPS) is 24.6. The number of anilines is 1. The maximum Gasteiger partial charge on any atom is 0.417 e. The van der Waals surface area contributed by atoms with E-state index in [1.165, 1.54) is 9.80 Å². The molecule has 39 heavy (non-hydrogen) atoms. The lowest BCUT2D eigenvalue weighted by atomic mass is 9.90. The number of carbonyl (C=O) groups excluding carboxylic acids is 2. The number of nitrogens with zero attached hydrogens (tertiary/aromatic N) is 3. The van der Waals surface area contributed by atoms with Crippen molar-refractivity contribution in [3.63, 3.8) is 0 Å². The molecule has 1 aliphatic carbocycles. The Labute approximate surface area is 222 Å². The molecule has 3 fully saturated rings. The van der Waals surface area contributed by atoms with Crippen LogP contribution in [0.4, 0.5) is 32.0 Å². The van der Waals surface area contributed by atoms with Gasteiger partial charge in [0.15, 0.2) is 0 Å². The maximum absolute atomic E-state index is 13.5. The molecule has 2 N–H and O–H groups in total. The van der Waals surface area contributed by atoms with Gasteiger partial charge in [0.2, 0.25) is 11.8 Å². The molecule has 3 aliphatic rings. The van der Waals surface area contributed by atoms with Gasteiger partial charge in [-0.3, -0.25) is 9.59 Å². The molecule has 7 nitrogen and oxygen atoms in total. The first-order valence-electron chi connectivity index (χ1n) is 13.1. The number of benzene rings is 1. The van der Waals surface area contributed by atoms with Crippen LogP contribution in [0.3, 0.4) is 0 Å². The number of likely N-dealkylation sites (tertiary alicyclic amines) is 1. The molecule has 1 spiro atoms. The Morgan fingerprint density at radius 2 is 1.72 bits per heavy atom. The van der Waals surface area contributed by atoms with Crippen LogP contribution in [0.15, 0.2) is 18.2 Å². The first-order valence-corrected chi connectivity index (χ1v) is 13.1. The Morgan fingerprint density at radius 1 is 1.05 bits per heavy atom. The van der Waals surface area contributed by atoms with E-state index in [2.05, 4.69) is 0 Å². The van der Waals surface area contributed by atoms with Gasteiger partial charge in [-0.15, -0.1) is 0 Å². The fourth-order valence-electron chi connectivity index (χ4n) is 5.78. The molecule has 0 unspecified atom stereocenters. The summed E-state index contributed by atoms with van der Waals surface area (Å²) in [6.07, 6.45) is -8.25. The SMILES string of the molecule is C[C@@H]1CN([C@H](CO)CCC(=O)N2CCC3(CC3)[C@H](O)C2)C(=O)CCN1c1ccc(C(F)(F)F)c(C(F)(F)F)c1. The van der Waals surface area contributed by atoms with Gasteiger partial charge in [-0.25, -0.2) is 0 Å². The number of hydrogen-bond donors (Lipinski definition) is 2. The zero-order valence-corrected chi connectivity index (χ0v) is 21.6. The molecule has 1 aromatic rings. The van der Waals surface area contributed by atoms with E-state index in [1.807, 2.05) is 0 Å². The third-order valence-electron chi connectivity index (χ3n) is 8.39. The number of piperidine rings is 1. The summed E-state index contributed by atoms with van der Waals surface area (Å²) < 4.78 is 80.0. The van der Waals surface area contributed by atoms with Crippen LogP contribution >= 0.6 is 0 Å². The van der Waals surface area contributed by atoms with Crippen LogP contribution in [0.5, 0.6) is 0 Å². The Kier molecular flexibility index (Phi) is 8.15. The number of amides is 2. The third-order valence-corrected chi connectivity index (χ3v) is 8.39. The number of hydrogen-bond acceptors (Lipinski definition) is 5. The molecular formula is C26H33F6N3O4. The van der Waals surface area contributed by atoms with Crippen LogP contribution < -0.4 is 4.90 Å². The van der Waals surface area contributed by atoms with E-state index in [9.17, 15) is 46.1 Å². The van der Waals surface area contributed by atoms with E-state index in [4.69, 9.17) is 0 Å². The number of carbonyl (C=O) groups is 2. The highest BCUT2D eigenvalue weighted by Gasteiger charge is 2.51. The number of β-amino-alcohol motifs (C(OH)–C–C–N with tert-alkyl or cyclic N) is 1. The van der Waals surface area contributed by atoms with Crippen LogP contribution in [-0.2, 0) is 21.9 Å². The van der Waals surface area contributed by atoms with Gasteiger partial charge >= 0.3 is 12.4 Å². The molecule has 13 heteroatoms. The first-order chi connectivity index (χ1) is 18.2. The van der Waals surface area contributed by atoms with Crippen molar-refractivity contribution in [3.8, 4) is 0 Å². The summed E-state index contributed by atoms with van der Waals surface area (Å²) in [5, 5.41) is 20.4. The van der Waals surface area contributed by atoms with Gasteiger partial charge in [-0.05, 0) is 56.2 Å². The van der Waals surface area contributed by atoms with Crippen molar-refractivity contribution in [2.75, 3.05) is 37.7 Å². The van der Waals surface area contributed by atoms with Gasteiger partial charge in [0.25, 0.3) is 0 Å². The van der Waals surface area contributed by atoms with E-state index in [-0.39, 0.29) is 61.8 Å². The topological polar surface area (TPSA) is 84.3 Å². The molecule has 2 aliphatic heterocycles. The molecule has 2 heterocycles. The molecule has 0 bridgehead atoms. The lowest BCUT2D eigenvalue weighted by Crippen LogP contribution is -2.49. The number of alkyl halides is 6. The van der Waals surface area contributed by atoms with Crippen LogP contribution in [0.1, 0.15) is 56.6 Å². The van der Waals surface area contributed by atoms with Crippen molar-refractivity contribution in [1.29, 1.82) is 0 Å². The van der Waals surface area contributed by atoms with Crippen molar-refractivity contribution in [1.82, 2.24) is 9.80 Å². The minimum absolute atomic E-state index is 0.00553. The highest BCUT2D eigenvalue weighted by molar-refractivity contribution is 5.79. The molecule has 3 atom stereocenters. The molecule has 4 rings (SSSR count). The largest absolute Gasteiger partial charge is 0.417 e. The lowest BCUT2D eigenvalue weighted by Gasteiger charge is -2.37. The number of halogens is 6. The van der Waals surface area contributed by atoms with E-state index < -0.39 is 48.3 Å². The molecule has 0 radical (unpaired) electrons. The standard InChI is InChI=1S/C26H33F6N3O4/c1-16-13-35(18(15-36)3-5-22(38)33-11-9-24(7-8-24)21(37)14-33)23(39)6-10-34(16)17-2-4-19(25(27,28)29)20(12-17)26(30,31)32/h2,4,12,16,18,21,36-37H,3,5-11,13-15H2,1H3/t16-,18+,21-/m1/s1. The third kappa shape index (κ3) is 6.29. The van der Waals surface area contributed by atoms with Gasteiger partial charge in [0.05, 0.1) is 29.9 Å². The second-order valence-electron chi connectivity index (χ2n) is 10.9. The molecule has 1 aromatic carbocycles. The van der Waals surface area contributed by atoms with Crippen molar-refractivity contribution < 1.29 is 46.1 Å².